The van der Waals surface area contributed by atoms with Gasteiger partial charge < -0.3 is 9.47 Å². The molecule has 0 saturated heterocycles. The van der Waals surface area contributed by atoms with Crippen LogP contribution in [-0.4, -0.2) is 6.61 Å². The van der Waals surface area contributed by atoms with Crippen molar-refractivity contribution in [1.29, 1.82) is 0 Å². The van der Waals surface area contributed by atoms with E-state index in [0.717, 1.165) is 35.1 Å². The number of benzene rings is 2. The highest BCUT2D eigenvalue weighted by atomic mass is 35.5. The summed E-state index contributed by atoms with van der Waals surface area (Å²) in [7, 11) is 0. The highest BCUT2D eigenvalue weighted by Crippen LogP contribution is 2.33. The SMILES string of the molecule is Cc1ccc(OCc2cc(Cl)cc3c2OCC3)cc1. The van der Waals surface area contributed by atoms with Crippen molar-refractivity contribution in [2.24, 2.45) is 0 Å². The van der Waals surface area contributed by atoms with Gasteiger partial charge >= 0.3 is 0 Å². The molecule has 98 valence electrons. The fourth-order valence-electron chi connectivity index (χ4n) is 2.25. The van der Waals surface area contributed by atoms with E-state index in [1.807, 2.05) is 36.4 Å². The summed E-state index contributed by atoms with van der Waals surface area (Å²) in [5, 5.41) is 0.742. The molecule has 2 nitrogen and oxygen atoms in total. The van der Waals surface area contributed by atoms with E-state index in [1.54, 1.807) is 0 Å². The summed E-state index contributed by atoms with van der Waals surface area (Å²) < 4.78 is 11.4. The van der Waals surface area contributed by atoms with Crippen molar-refractivity contribution in [3.05, 3.63) is 58.1 Å². The van der Waals surface area contributed by atoms with Gasteiger partial charge in [-0.15, -0.1) is 0 Å². The lowest BCUT2D eigenvalue weighted by Crippen LogP contribution is -1.98. The van der Waals surface area contributed by atoms with Crippen LogP contribution in [0.25, 0.3) is 0 Å². The maximum Gasteiger partial charge on any atom is 0.129 e. The Hall–Kier alpha value is -1.67. The molecule has 0 aromatic heterocycles. The van der Waals surface area contributed by atoms with E-state index in [0.29, 0.717) is 6.61 Å². The van der Waals surface area contributed by atoms with Gasteiger partial charge in [0.2, 0.25) is 0 Å². The van der Waals surface area contributed by atoms with Crippen molar-refractivity contribution >= 4 is 11.6 Å². The second kappa shape index (κ2) is 5.14. The minimum atomic E-state index is 0.478. The molecule has 2 aromatic carbocycles. The van der Waals surface area contributed by atoms with Crippen LogP contribution in [0.2, 0.25) is 5.02 Å². The van der Waals surface area contributed by atoms with Gasteiger partial charge in [-0.3, -0.25) is 0 Å². The number of hydrogen-bond donors (Lipinski definition) is 0. The summed E-state index contributed by atoms with van der Waals surface area (Å²) in [4.78, 5) is 0. The lowest BCUT2D eigenvalue weighted by atomic mass is 10.1. The van der Waals surface area contributed by atoms with Crippen molar-refractivity contribution in [2.75, 3.05) is 6.61 Å². The minimum Gasteiger partial charge on any atom is -0.493 e. The number of fused-ring (bicyclic) bond motifs is 1. The van der Waals surface area contributed by atoms with Crippen LogP contribution in [-0.2, 0) is 13.0 Å². The maximum atomic E-state index is 6.12. The van der Waals surface area contributed by atoms with E-state index in [1.165, 1.54) is 11.1 Å². The van der Waals surface area contributed by atoms with Gasteiger partial charge in [0, 0.05) is 17.0 Å². The zero-order valence-electron chi connectivity index (χ0n) is 10.8. The molecule has 0 aliphatic carbocycles. The molecule has 19 heavy (non-hydrogen) atoms. The molecule has 3 rings (SSSR count). The van der Waals surface area contributed by atoms with Gasteiger partial charge in [-0.05, 0) is 36.8 Å². The summed E-state index contributed by atoms with van der Waals surface area (Å²) in [6.07, 6.45) is 0.924. The number of aryl methyl sites for hydroxylation is 1. The summed E-state index contributed by atoms with van der Waals surface area (Å²) in [6, 6.07) is 11.9. The minimum absolute atomic E-state index is 0.478. The predicted octanol–water partition coefficient (Wildman–Crippen LogP) is 4.16. The Kier molecular flexibility index (Phi) is 3.34. The molecule has 0 N–H and O–H groups in total. The van der Waals surface area contributed by atoms with Crippen molar-refractivity contribution in [1.82, 2.24) is 0 Å². The van der Waals surface area contributed by atoms with E-state index in [2.05, 4.69) is 6.92 Å². The van der Waals surface area contributed by atoms with Crippen molar-refractivity contribution < 1.29 is 9.47 Å². The fourth-order valence-corrected chi connectivity index (χ4v) is 2.51. The second-order valence-corrected chi connectivity index (χ2v) is 5.19. The van der Waals surface area contributed by atoms with E-state index in [9.17, 15) is 0 Å². The Labute approximate surface area is 117 Å². The quantitative estimate of drug-likeness (QED) is 0.837. The smallest absolute Gasteiger partial charge is 0.129 e. The average molecular weight is 275 g/mol. The number of halogens is 1. The van der Waals surface area contributed by atoms with Crippen LogP contribution in [0.3, 0.4) is 0 Å². The topological polar surface area (TPSA) is 18.5 Å². The molecule has 1 aliphatic heterocycles. The van der Waals surface area contributed by atoms with Crippen LogP contribution in [0.5, 0.6) is 11.5 Å². The molecular weight excluding hydrogens is 260 g/mol. The molecule has 0 bridgehead atoms. The Bertz CT molecular complexity index is 590. The highest BCUT2D eigenvalue weighted by Gasteiger charge is 2.17. The van der Waals surface area contributed by atoms with E-state index < -0.39 is 0 Å². The van der Waals surface area contributed by atoms with Crippen molar-refractivity contribution in [3.8, 4) is 11.5 Å². The third-order valence-electron chi connectivity index (χ3n) is 3.24. The van der Waals surface area contributed by atoms with Crippen molar-refractivity contribution in [2.45, 2.75) is 20.0 Å². The monoisotopic (exact) mass is 274 g/mol. The first kappa shape index (κ1) is 12.4. The van der Waals surface area contributed by atoms with Crippen molar-refractivity contribution in [3.63, 3.8) is 0 Å². The molecular formula is C16H15ClO2. The molecule has 2 aromatic rings. The largest absolute Gasteiger partial charge is 0.493 e. The number of ether oxygens (including phenoxy) is 2. The number of hydrogen-bond acceptors (Lipinski definition) is 2. The van der Waals surface area contributed by atoms with Crippen LogP contribution in [0.15, 0.2) is 36.4 Å². The van der Waals surface area contributed by atoms with Gasteiger partial charge in [-0.1, -0.05) is 29.3 Å². The van der Waals surface area contributed by atoms with Crippen LogP contribution in [0, 0.1) is 6.92 Å². The Morgan fingerprint density at radius 2 is 2.00 bits per heavy atom. The molecule has 0 atom stereocenters. The Morgan fingerprint density at radius 3 is 2.79 bits per heavy atom. The fraction of sp³-hybridized carbons (Fsp3) is 0.250. The highest BCUT2D eigenvalue weighted by molar-refractivity contribution is 6.30. The maximum absolute atomic E-state index is 6.12. The Balaban J connectivity index is 1.78. The van der Waals surface area contributed by atoms with Crippen LogP contribution >= 0.6 is 11.6 Å². The zero-order chi connectivity index (χ0) is 13.2. The molecule has 3 heteroatoms. The summed E-state index contributed by atoms with van der Waals surface area (Å²) in [5.74, 6) is 1.80. The third kappa shape index (κ3) is 2.69. The lowest BCUT2D eigenvalue weighted by molar-refractivity contribution is 0.292. The molecule has 0 amide bonds. The van der Waals surface area contributed by atoms with Gasteiger partial charge in [-0.25, -0.2) is 0 Å². The first-order valence-electron chi connectivity index (χ1n) is 6.36. The number of rotatable bonds is 3. The summed E-state index contributed by atoms with van der Waals surface area (Å²) in [5.41, 5.74) is 3.41. The average Bonchev–Trinajstić information content (AvgIpc) is 2.85. The van der Waals surface area contributed by atoms with E-state index in [4.69, 9.17) is 21.1 Å². The predicted molar refractivity (Wildman–Crippen MR) is 76.2 cm³/mol. The van der Waals surface area contributed by atoms with Gasteiger partial charge in [0.25, 0.3) is 0 Å². The molecule has 0 radical (unpaired) electrons. The van der Waals surface area contributed by atoms with Gasteiger partial charge in [0.05, 0.1) is 6.61 Å². The zero-order valence-corrected chi connectivity index (χ0v) is 11.5. The van der Waals surface area contributed by atoms with E-state index >= 15 is 0 Å². The molecule has 1 aliphatic rings. The lowest BCUT2D eigenvalue weighted by Gasteiger charge is -2.11. The normalized spacial score (nSPS) is 12.9. The van der Waals surface area contributed by atoms with Crippen LogP contribution in [0.4, 0.5) is 0 Å². The molecule has 1 heterocycles. The van der Waals surface area contributed by atoms with Gasteiger partial charge in [-0.2, -0.15) is 0 Å². The molecule has 0 spiro atoms. The summed E-state index contributed by atoms with van der Waals surface area (Å²) >= 11 is 6.12. The second-order valence-electron chi connectivity index (χ2n) is 4.75. The molecule has 0 fully saturated rings. The standard InChI is InChI=1S/C16H15ClO2/c1-11-2-4-15(5-3-11)19-10-13-9-14(17)8-12-6-7-18-16(12)13/h2-5,8-9H,6-7,10H2,1H3. The van der Waals surface area contributed by atoms with Crippen LogP contribution in [0.1, 0.15) is 16.7 Å². The molecule has 0 saturated carbocycles. The Morgan fingerprint density at radius 1 is 1.21 bits per heavy atom. The van der Waals surface area contributed by atoms with Gasteiger partial charge in [0.1, 0.15) is 18.1 Å². The first-order valence-corrected chi connectivity index (χ1v) is 6.74. The summed E-state index contributed by atoms with van der Waals surface area (Å²) in [6.45, 7) is 3.26. The van der Waals surface area contributed by atoms with E-state index in [-0.39, 0.29) is 0 Å². The first-order chi connectivity index (χ1) is 9.22. The molecule has 0 unspecified atom stereocenters. The third-order valence-corrected chi connectivity index (χ3v) is 3.46. The van der Waals surface area contributed by atoms with Crippen LogP contribution < -0.4 is 9.47 Å². The van der Waals surface area contributed by atoms with Gasteiger partial charge in [0.15, 0.2) is 0 Å².